The third-order valence-electron chi connectivity index (χ3n) is 2.63. The molecule has 0 spiro atoms. The maximum absolute atomic E-state index is 11.7. The summed E-state index contributed by atoms with van der Waals surface area (Å²) in [5.41, 5.74) is 5.49. The van der Waals surface area contributed by atoms with Gasteiger partial charge in [-0.3, -0.25) is 14.3 Å². The zero-order valence-corrected chi connectivity index (χ0v) is 10.3. The van der Waals surface area contributed by atoms with Gasteiger partial charge in [0.15, 0.2) is 5.69 Å². The van der Waals surface area contributed by atoms with Crippen LogP contribution < -0.4 is 11.1 Å². The molecule has 0 bridgehead atoms. The molecule has 18 heavy (non-hydrogen) atoms. The lowest BCUT2D eigenvalue weighted by atomic mass is 10.0. The van der Waals surface area contributed by atoms with Gasteiger partial charge in [-0.05, 0) is 13.8 Å². The highest BCUT2D eigenvalue weighted by Gasteiger charge is 2.22. The summed E-state index contributed by atoms with van der Waals surface area (Å²) in [6.45, 7) is 4.03. The molecule has 0 aromatic carbocycles. The van der Waals surface area contributed by atoms with E-state index in [2.05, 4.69) is 15.6 Å². The van der Waals surface area contributed by atoms with Crippen molar-refractivity contribution in [1.29, 1.82) is 0 Å². The van der Waals surface area contributed by atoms with Gasteiger partial charge in [0.1, 0.15) is 0 Å². The average Bonchev–Trinajstić information content (AvgIpc) is 2.77. The van der Waals surface area contributed by atoms with Crippen LogP contribution >= 0.6 is 0 Å². The van der Waals surface area contributed by atoms with Gasteiger partial charge >= 0.3 is 5.97 Å². The van der Waals surface area contributed by atoms with Gasteiger partial charge in [0.2, 0.25) is 0 Å². The fourth-order valence-electron chi connectivity index (χ4n) is 1.26. The predicted octanol–water partition coefficient (Wildman–Crippen LogP) is -0.924. The molecule has 1 amide bonds. The predicted molar refractivity (Wildman–Crippen MR) is 62.8 cm³/mol. The Bertz CT molecular complexity index is 431. The number of nitrogens with zero attached hydrogens (tertiary/aromatic N) is 3. The van der Waals surface area contributed by atoms with Crippen molar-refractivity contribution in [3.8, 4) is 0 Å². The summed E-state index contributed by atoms with van der Waals surface area (Å²) in [5, 5.41) is 18.8. The van der Waals surface area contributed by atoms with Crippen LogP contribution in [0.3, 0.4) is 0 Å². The zero-order valence-electron chi connectivity index (χ0n) is 10.3. The molecule has 0 aliphatic rings. The molecule has 8 nitrogen and oxygen atoms in total. The summed E-state index contributed by atoms with van der Waals surface area (Å²) in [6, 6.07) is -0.491. The van der Waals surface area contributed by atoms with Crippen molar-refractivity contribution in [3.05, 3.63) is 11.9 Å². The number of nitrogens with one attached hydrogen (secondary N) is 1. The molecule has 100 valence electrons. The van der Waals surface area contributed by atoms with Crippen molar-refractivity contribution in [2.45, 2.75) is 26.4 Å². The first-order valence-corrected chi connectivity index (χ1v) is 5.59. The molecule has 1 heterocycles. The molecular formula is C10H17N5O3. The average molecular weight is 255 g/mol. The number of hydrogen-bond acceptors (Lipinski definition) is 5. The molecule has 8 heteroatoms. The lowest BCUT2D eigenvalue weighted by Gasteiger charge is -2.16. The molecule has 0 aliphatic carbocycles. The van der Waals surface area contributed by atoms with E-state index in [1.807, 2.05) is 0 Å². The number of carboxylic acid groups (broad SMARTS) is 1. The topological polar surface area (TPSA) is 123 Å². The van der Waals surface area contributed by atoms with Crippen LogP contribution in [0.2, 0.25) is 0 Å². The minimum atomic E-state index is -0.963. The quantitative estimate of drug-likeness (QED) is 0.603. The molecule has 2 unspecified atom stereocenters. The van der Waals surface area contributed by atoms with Gasteiger partial charge in [0.05, 0.1) is 18.7 Å². The van der Waals surface area contributed by atoms with E-state index in [1.165, 1.54) is 17.8 Å². The molecule has 0 radical (unpaired) electrons. The Labute approximate surface area is 104 Å². The lowest BCUT2D eigenvalue weighted by Crippen LogP contribution is -2.40. The normalized spacial score (nSPS) is 13.9. The SMILES string of the molecule is CC(NC(=O)c1cn(CCN)nn1)C(C)C(=O)O. The molecule has 1 aromatic heterocycles. The van der Waals surface area contributed by atoms with Crippen LogP contribution in [-0.2, 0) is 11.3 Å². The molecule has 0 saturated carbocycles. The first-order chi connectivity index (χ1) is 8.45. The molecule has 0 saturated heterocycles. The number of carbonyl (C=O) groups excluding carboxylic acids is 1. The Morgan fingerprint density at radius 1 is 1.56 bits per heavy atom. The second kappa shape index (κ2) is 6.10. The van der Waals surface area contributed by atoms with E-state index in [1.54, 1.807) is 6.92 Å². The third kappa shape index (κ3) is 3.52. The molecule has 0 aliphatic heterocycles. The van der Waals surface area contributed by atoms with Crippen LogP contribution in [0, 0.1) is 5.92 Å². The van der Waals surface area contributed by atoms with Gasteiger partial charge in [0, 0.05) is 12.6 Å². The molecule has 0 fully saturated rings. The Kier molecular flexibility index (Phi) is 4.78. The summed E-state index contributed by atoms with van der Waals surface area (Å²) in [6.07, 6.45) is 1.47. The van der Waals surface area contributed by atoms with E-state index in [4.69, 9.17) is 10.8 Å². The van der Waals surface area contributed by atoms with Crippen molar-refractivity contribution < 1.29 is 14.7 Å². The third-order valence-corrected chi connectivity index (χ3v) is 2.63. The second-order valence-electron chi connectivity index (χ2n) is 4.04. The van der Waals surface area contributed by atoms with E-state index in [9.17, 15) is 9.59 Å². The number of aliphatic carboxylic acids is 1. The maximum Gasteiger partial charge on any atom is 0.308 e. The number of carbonyl (C=O) groups is 2. The van der Waals surface area contributed by atoms with Crippen LogP contribution in [0.4, 0.5) is 0 Å². The Morgan fingerprint density at radius 3 is 2.78 bits per heavy atom. The minimum Gasteiger partial charge on any atom is -0.481 e. The van der Waals surface area contributed by atoms with E-state index in [-0.39, 0.29) is 5.69 Å². The second-order valence-corrected chi connectivity index (χ2v) is 4.04. The van der Waals surface area contributed by atoms with Crippen molar-refractivity contribution in [3.63, 3.8) is 0 Å². The van der Waals surface area contributed by atoms with Crippen molar-refractivity contribution >= 4 is 11.9 Å². The number of hydrogen-bond donors (Lipinski definition) is 3. The monoisotopic (exact) mass is 255 g/mol. The molecular weight excluding hydrogens is 238 g/mol. The maximum atomic E-state index is 11.7. The number of nitrogens with two attached hydrogens (primary N) is 1. The summed E-state index contributed by atoms with van der Waals surface area (Å²) in [7, 11) is 0. The van der Waals surface area contributed by atoms with Crippen molar-refractivity contribution in [2.24, 2.45) is 11.7 Å². The van der Waals surface area contributed by atoms with Gasteiger partial charge < -0.3 is 16.2 Å². The van der Waals surface area contributed by atoms with Crippen molar-refractivity contribution in [1.82, 2.24) is 20.3 Å². The van der Waals surface area contributed by atoms with Crippen LogP contribution in [0.15, 0.2) is 6.20 Å². The van der Waals surface area contributed by atoms with Crippen LogP contribution in [0.1, 0.15) is 24.3 Å². The summed E-state index contributed by atoms with van der Waals surface area (Å²) < 4.78 is 1.46. The van der Waals surface area contributed by atoms with E-state index in [0.29, 0.717) is 13.1 Å². The number of aromatic nitrogens is 3. The highest BCUT2D eigenvalue weighted by molar-refractivity contribution is 5.92. The smallest absolute Gasteiger partial charge is 0.308 e. The minimum absolute atomic E-state index is 0.146. The first-order valence-electron chi connectivity index (χ1n) is 5.59. The van der Waals surface area contributed by atoms with Crippen LogP contribution in [0.25, 0.3) is 0 Å². The molecule has 4 N–H and O–H groups in total. The zero-order chi connectivity index (χ0) is 13.7. The number of carboxylic acids is 1. The summed E-state index contributed by atoms with van der Waals surface area (Å²) in [4.78, 5) is 22.5. The summed E-state index contributed by atoms with van der Waals surface area (Å²) in [5.74, 6) is -2.08. The van der Waals surface area contributed by atoms with Gasteiger partial charge in [0.25, 0.3) is 5.91 Å². The highest BCUT2D eigenvalue weighted by Crippen LogP contribution is 2.03. The lowest BCUT2D eigenvalue weighted by molar-refractivity contribution is -0.141. The molecule has 2 atom stereocenters. The standard InChI is InChI=1S/C10H17N5O3/c1-6(10(17)18)7(2)12-9(16)8-5-15(4-3-11)14-13-8/h5-7H,3-4,11H2,1-2H3,(H,12,16)(H,17,18). The van der Waals surface area contributed by atoms with Crippen LogP contribution in [-0.4, -0.2) is 44.6 Å². The first kappa shape index (κ1) is 14.1. The fourth-order valence-corrected chi connectivity index (χ4v) is 1.26. The van der Waals surface area contributed by atoms with Crippen LogP contribution in [0.5, 0.6) is 0 Å². The van der Waals surface area contributed by atoms with E-state index >= 15 is 0 Å². The molecule has 1 rings (SSSR count). The largest absolute Gasteiger partial charge is 0.481 e. The van der Waals surface area contributed by atoms with Gasteiger partial charge in [-0.15, -0.1) is 5.10 Å². The van der Waals surface area contributed by atoms with E-state index in [0.717, 1.165) is 0 Å². The Balaban J connectivity index is 2.61. The number of rotatable bonds is 6. The van der Waals surface area contributed by atoms with Gasteiger partial charge in [-0.1, -0.05) is 5.21 Å². The Hall–Kier alpha value is -1.96. The van der Waals surface area contributed by atoms with Gasteiger partial charge in [-0.2, -0.15) is 0 Å². The van der Waals surface area contributed by atoms with Crippen molar-refractivity contribution in [2.75, 3.05) is 6.54 Å². The number of amides is 1. The molecule has 1 aromatic rings. The fraction of sp³-hybridized carbons (Fsp3) is 0.600. The highest BCUT2D eigenvalue weighted by atomic mass is 16.4. The summed E-state index contributed by atoms with van der Waals surface area (Å²) >= 11 is 0. The van der Waals surface area contributed by atoms with Gasteiger partial charge in [-0.25, -0.2) is 0 Å². The van der Waals surface area contributed by atoms with E-state index < -0.39 is 23.8 Å². The Morgan fingerprint density at radius 2 is 2.22 bits per heavy atom.